The lowest BCUT2D eigenvalue weighted by atomic mass is 10.0. The maximum absolute atomic E-state index is 11.9. The van der Waals surface area contributed by atoms with Crippen LogP contribution in [-0.4, -0.2) is 67.5 Å². The zero-order valence-electron chi connectivity index (χ0n) is 17.9. The number of likely N-dealkylation sites (tertiary alicyclic amines) is 1. The molecule has 0 saturated carbocycles. The standard InChI is InChI=1S/C21H34ClN5O.HI/c1-5-20(28)27-13-12-16(15-27)25-21(23-4)24-14-19(26(6-2)7-3)17-10-8-9-11-18(17)22;/h8-11,16,19H,5-7,12-15H2,1-4H3,(H2,23,24,25);1H. The molecule has 29 heavy (non-hydrogen) atoms. The van der Waals surface area contributed by atoms with E-state index in [0.29, 0.717) is 13.0 Å². The minimum Gasteiger partial charge on any atom is -0.354 e. The molecular formula is C21H35ClIN5O. The lowest BCUT2D eigenvalue weighted by Crippen LogP contribution is -2.47. The first-order chi connectivity index (χ1) is 13.5. The summed E-state index contributed by atoms with van der Waals surface area (Å²) in [6.07, 6.45) is 1.50. The Morgan fingerprint density at radius 1 is 1.31 bits per heavy atom. The topological polar surface area (TPSA) is 60.0 Å². The van der Waals surface area contributed by atoms with Gasteiger partial charge in [-0.25, -0.2) is 0 Å². The monoisotopic (exact) mass is 535 g/mol. The Morgan fingerprint density at radius 2 is 2.00 bits per heavy atom. The molecule has 8 heteroatoms. The van der Waals surface area contributed by atoms with Crippen LogP contribution in [0.15, 0.2) is 29.3 Å². The maximum Gasteiger partial charge on any atom is 0.222 e. The van der Waals surface area contributed by atoms with Crippen LogP contribution in [0, 0.1) is 0 Å². The average Bonchev–Trinajstić information content (AvgIpc) is 3.18. The van der Waals surface area contributed by atoms with Gasteiger partial charge in [0, 0.05) is 44.2 Å². The van der Waals surface area contributed by atoms with E-state index in [9.17, 15) is 4.79 Å². The first-order valence-electron chi connectivity index (χ1n) is 10.3. The summed E-state index contributed by atoms with van der Waals surface area (Å²) in [5.41, 5.74) is 1.12. The highest BCUT2D eigenvalue weighted by molar-refractivity contribution is 14.0. The Kier molecular flexibility index (Phi) is 11.9. The van der Waals surface area contributed by atoms with E-state index < -0.39 is 0 Å². The lowest BCUT2D eigenvalue weighted by molar-refractivity contribution is -0.129. The third-order valence-electron chi connectivity index (χ3n) is 5.39. The third-order valence-corrected chi connectivity index (χ3v) is 5.73. The zero-order valence-corrected chi connectivity index (χ0v) is 21.0. The Balaban J connectivity index is 0.00000420. The Labute approximate surface area is 197 Å². The molecule has 1 fully saturated rings. The number of nitrogens with zero attached hydrogens (tertiary/aromatic N) is 3. The van der Waals surface area contributed by atoms with Crippen molar-refractivity contribution < 1.29 is 4.79 Å². The molecule has 0 aromatic heterocycles. The van der Waals surface area contributed by atoms with E-state index in [0.717, 1.165) is 49.1 Å². The van der Waals surface area contributed by atoms with Gasteiger partial charge in [-0.2, -0.15) is 0 Å². The molecule has 1 amide bonds. The molecule has 0 radical (unpaired) electrons. The van der Waals surface area contributed by atoms with Crippen LogP contribution in [-0.2, 0) is 4.79 Å². The van der Waals surface area contributed by atoms with Gasteiger partial charge in [0.15, 0.2) is 5.96 Å². The van der Waals surface area contributed by atoms with E-state index in [1.54, 1.807) is 7.05 Å². The van der Waals surface area contributed by atoms with Crippen molar-refractivity contribution in [3.05, 3.63) is 34.9 Å². The highest BCUT2D eigenvalue weighted by Crippen LogP contribution is 2.27. The molecule has 0 aliphatic carbocycles. The molecule has 1 saturated heterocycles. The third kappa shape index (κ3) is 7.29. The second-order valence-corrected chi connectivity index (χ2v) is 7.44. The van der Waals surface area contributed by atoms with Gasteiger partial charge in [0.05, 0.1) is 6.04 Å². The molecule has 1 aromatic rings. The van der Waals surface area contributed by atoms with Crippen LogP contribution in [0.1, 0.15) is 45.2 Å². The van der Waals surface area contributed by atoms with Gasteiger partial charge < -0.3 is 15.5 Å². The van der Waals surface area contributed by atoms with Crippen LogP contribution in [0.4, 0.5) is 0 Å². The number of carbonyl (C=O) groups is 1. The van der Waals surface area contributed by atoms with Crippen molar-refractivity contribution in [1.82, 2.24) is 20.4 Å². The van der Waals surface area contributed by atoms with E-state index >= 15 is 0 Å². The lowest BCUT2D eigenvalue weighted by Gasteiger charge is -2.31. The molecule has 6 nitrogen and oxygen atoms in total. The molecule has 1 aliphatic heterocycles. The van der Waals surface area contributed by atoms with E-state index in [2.05, 4.69) is 40.4 Å². The Morgan fingerprint density at radius 3 is 2.59 bits per heavy atom. The van der Waals surface area contributed by atoms with E-state index in [-0.39, 0.29) is 42.0 Å². The summed E-state index contributed by atoms with van der Waals surface area (Å²) in [5, 5.41) is 7.71. The summed E-state index contributed by atoms with van der Waals surface area (Å²) < 4.78 is 0. The van der Waals surface area contributed by atoms with E-state index in [1.807, 2.05) is 30.0 Å². The highest BCUT2D eigenvalue weighted by atomic mass is 127. The highest BCUT2D eigenvalue weighted by Gasteiger charge is 2.26. The second kappa shape index (κ2) is 13.3. The number of benzene rings is 1. The number of likely N-dealkylation sites (N-methyl/N-ethyl adjacent to an activating group) is 1. The molecule has 2 rings (SSSR count). The molecular weight excluding hydrogens is 501 g/mol. The van der Waals surface area contributed by atoms with Gasteiger partial charge in [0.25, 0.3) is 0 Å². The van der Waals surface area contributed by atoms with Crippen LogP contribution in [0.2, 0.25) is 5.02 Å². The fraction of sp³-hybridized carbons (Fsp3) is 0.619. The maximum atomic E-state index is 11.9. The van der Waals surface area contributed by atoms with Crippen molar-refractivity contribution in [2.75, 3.05) is 39.8 Å². The number of halogens is 2. The minimum atomic E-state index is 0. The second-order valence-electron chi connectivity index (χ2n) is 7.03. The van der Waals surface area contributed by atoms with Gasteiger partial charge in [-0.3, -0.25) is 14.7 Å². The number of amides is 1. The van der Waals surface area contributed by atoms with Gasteiger partial charge in [0.1, 0.15) is 0 Å². The smallest absolute Gasteiger partial charge is 0.222 e. The van der Waals surface area contributed by atoms with Gasteiger partial charge in [-0.05, 0) is 31.1 Å². The predicted molar refractivity (Wildman–Crippen MR) is 132 cm³/mol. The number of carbonyl (C=O) groups excluding carboxylic acids is 1. The van der Waals surface area contributed by atoms with Crippen LogP contribution in [0.25, 0.3) is 0 Å². The van der Waals surface area contributed by atoms with Crippen molar-refractivity contribution in [2.45, 2.75) is 45.7 Å². The Hall–Kier alpha value is -1.06. The normalized spacial score (nSPS) is 17.8. The molecule has 0 bridgehead atoms. The molecule has 164 valence electrons. The first-order valence-corrected chi connectivity index (χ1v) is 10.6. The fourth-order valence-electron chi connectivity index (χ4n) is 3.76. The van der Waals surface area contributed by atoms with Gasteiger partial charge in [0.2, 0.25) is 5.91 Å². The summed E-state index contributed by atoms with van der Waals surface area (Å²) >= 11 is 6.49. The van der Waals surface area contributed by atoms with Crippen molar-refractivity contribution >= 4 is 47.4 Å². The zero-order chi connectivity index (χ0) is 20.5. The van der Waals surface area contributed by atoms with E-state index in [1.165, 1.54) is 0 Å². The molecule has 1 aromatic carbocycles. The fourth-order valence-corrected chi connectivity index (χ4v) is 4.02. The minimum absolute atomic E-state index is 0. The average molecular weight is 536 g/mol. The molecule has 2 unspecified atom stereocenters. The van der Waals surface area contributed by atoms with Crippen LogP contribution < -0.4 is 10.6 Å². The van der Waals surface area contributed by atoms with Gasteiger partial charge in [-0.15, -0.1) is 24.0 Å². The summed E-state index contributed by atoms with van der Waals surface area (Å²) in [7, 11) is 1.78. The molecule has 1 aliphatic rings. The van der Waals surface area contributed by atoms with Crippen molar-refractivity contribution in [2.24, 2.45) is 4.99 Å². The number of hydrogen-bond donors (Lipinski definition) is 2. The number of hydrogen-bond acceptors (Lipinski definition) is 3. The number of aliphatic imine (C=N–C) groups is 1. The van der Waals surface area contributed by atoms with Crippen LogP contribution in [0.3, 0.4) is 0 Å². The molecule has 2 N–H and O–H groups in total. The first kappa shape index (κ1) is 26.0. The summed E-state index contributed by atoms with van der Waals surface area (Å²) in [6.45, 7) is 10.4. The van der Waals surface area contributed by atoms with Crippen LogP contribution >= 0.6 is 35.6 Å². The van der Waals surface area contributed by atoms with Gasteiger partial charge in [-0.1, -0.05) is 50.6 Å². The molecule has 1 heterocycles. The van der Waals surface area contributed by atoms with Crippen molar-refractivity contribution in [3.63, 3.8) is 0 Å². The number of guanidine groups is 1. The van der Waals surface area contributed by atoms with Crippen LogP contribution in [0.5, 0.6) is 0 Å². The van der Waals surface area contributed by atoms with Crippen molar-refractivity contribution in [1.29, 1.82) is 0 Å². The van der Waals surface area contributed by atoms with E-state index in [4.69, 9.17) is 11.6 Å². The molecule has 2 atom stereocenters. The summed E-state index contributed by atoms with van der Waals surface area (Å²) in [6, 6.07) is 8.41. The Bertz CT molecular complexity index is 668. The quantitative estimate of drug-likeness (QED) is 0.304. The number of nitrogens with one attached hydrogen (secondary N) is 2. The largest absolute Gasteiger partial charge is 0.354 e. The number of rotatable bonds is 8. The summed E-state index contributed by atoms with van der Waals surface area (Å²) in [4.78, 5) is 20.6. The SMILES string of the molecule is CCC(=O)N1CCC(NC(=NC)NCC(c2ccccc2Cl)N(CC)CC)C1.I. The summed E-state index contributed by atoms with van der Waals surface area (Å²) in [5.74, 6) is 0.979. The van der Waals surface area contributed by atoms with Crippen molar-refractivity contribution in [3.8, 4) is 0 Å². The molecule has 0 spiro atoms. The van der Waals surface area contributed by atoms with Gasteiger partial charge >= 0.3 is 0 Å². The predicted octanol–water partition coefficient (Wildman–Crippen LogP) is 3.52.